The summed E-state index contributed by atoms with van der Waals surface area (Å²) in [5.41, 5.74) is 2.44. The minimum absolute atomic E-state index is 0.00496. The Hall–Kier alpha value is -2.31. The number of aliphatic hydroxyl groups is 1. The first kappa shape index (κ1) is 25.3. The summed E-state index contributed by atoms with van der Waals surface area (Å²) >= 11 is 0. The fraction of sp³-hybridized carbons (Fsp3) is 0.556. The van der Waals surface area contributed by atoms with Crippen LogP contribution in [0.4, 0.5) is 4.39 Å². The minimum atomic E-state index is -0.792. The van der Waals surface area contributed by atoms with E-state index in [2.05, 4.69) is 25.8 Å². The molecule has 0 heterocycles. The Labute approximate surface area is 197 Å². The quantitative estimate of drug-likeness (QED) is 0.551. The number of fused-ring (bicyclic) bond motifs is 1. The standard InChI is InChI=1S/C27H38FNO4/c1-18(2)25-22-8-7-21(28)17-20(22)9-11-27(25,30)12-14-29(3)13-10-19-15-23(31-4)26(33-6)24(16-19)32-5/h7-8,15-18,25,30H,9-14H2,1-6H3/t25-,27-/m0/s1. The molecule has 0 aromatic heterocycles. The van der Waals surface area contributed by atoms with Crippen LogP contribution < -0.4 is 14.2 Å². The maximum absolute atomic E-state index is 13.7. The van der Waals surface area contributed by atoms with Gasteiger partial charge < -0.3 is 24.2 Å². The number of likely N-dealkylation sites (N-methyl/N-ethyl adjacent to an activating group) is 1. The smallest absolute Gasteiger partial charge is 0.203 e. The highest BCUT2D eigenvalue weighted by Gasteiger charge is 2.43. The van der Waals surface area contributed by atoms with Crippen molar-refractivity contribution >= 4 is 0 Å². The van der Waals surface area contributed by atoms with Gasteiger partial charge in [-0.05, 0) is 79.6 Å². The zero-order valence-electron chi connectivity index (χ0n) is 20.8. The monoisotopic (exact) mass is 459 g/mol. The molecular formula is C27H38FNO4. The number of rotatable bonds is 10. The van der Waals surface area contributed by atoms with Gasteiger partial charge in [0.15, 0.2) is 11.5 Å². The second-order valence-electron chi connectivity index (χ2n) is 9.51. The zero-order chi connectivity index (χ0) is 24.2. The molecule has 33 heavy (non-hydrogen) atoms. The van der Waals surface area contributed by atoms with E-state index in [4.69, 9.17) is 14.2 Å². The van der Waals surface area contributed by atoms with E-state index in [0.717, 1.165) is 36.2 Å². The summed E-state index contributed by atoms with van der Waals surface area (Å²) in [4.78, 5) is 2.25. The van der Waals surface area contributed by atoms with Gasteiger partial charge in [-0.25, -0.2) is 4.39 Å². The summed E-state index contributed by atoms with van der Waals surface area (Å²) in [6, 6.07) is 8.98. The van der Waals surface area contributed by atoms with Gasteiger partial charge in [-0.2, -0.15) is 0 Å². The van der Waals surface area contributed by atoms with Crippen molar-refractivity contribution < 1.29 is 23.7 Å². The third-order valence-corrected chi connectivity index (χ3v) is 6.95. The fourth-order valence-corrected chi connectivity index (χ4v) is 5.25. The van der Waals surface area contributed by atoms with Gasteiger partial charge >= 0.3 is 0 Å². The summed E-state index contributed by atoms with van der Waals surface area (Å²) in [7, 11) is 6.92. The second-order valence-corrected chi connectivity index (χ2v) is 9.51. The summed E-state index contributed by atoms with van der Waals surface area (Å²) in [5, 5.41) is 11.7. The van der Waals surface area contributed by atoms with Crippen molar-refractivity contribution in [2.75, 3.05) is 41.5 Å². The van der Waals surface area contributed by atoms with E-state index in [9.17, 15) is 9.50 Å². The van der Waals surface area contributed by atoms with Crippen molar-refractivity contribution in [3.63, 3.8) is 0 Å². The third-order valence-electron chi connectivity index (χ3n) is 6.95. The van der Waals surface area contributed by atoms with Crippen molar-refractivity contribution in [2.24, 2.45) is 5.92 Å². The minimum Gasteiger partial charge on any atom is -0.493 e. The van der Waals surface area contributed by atoms with E-state index in [1.165, 1.54) is 6.07 Å². The molecule has 1 aliphatic rings. The molecule has 0 aliphatic heterocycles. The second kappa shape index (κ2) is 10.7. The Kier molecular flexibility index (Phi) is 8.24. The van der Waals surface area contributed by atoms with Crippen LogP contribution in [-0.4, -0.2) is 57.1 Å². The maximum Gasteiger partial charge on any atom is 0.203 e. The van der Waals surface area contributed by atoms with Crippen LogP contribution in [-0.2, 0) is 12.8 Å². The van der Waals surface area contributed by atoms with Crippen LogP contribution in [0.2, 0.25) is 0 Å². The molecule has 182 valence electrons. The molecule has 0 saturated heterocycles. The van der Waals surface area contributed by atoms with Gasteiger partial charge in [0.2, 0.25) is 5.75 Å². The molecule has 0 fully saturated rings. The number of hydrogen-bond donors (Lipinski definition) is 1. The first-order valence-electron chi connectivity index (χ1n) is 11.7. The lowest BCUT2D eigenvalue weighted by Crippen LogP contribution is -2.45. The molecule has 2 atom stereocenters. The van der Waals surface area contributed by atoms with Crippen LogP contribution in [0.1, 0.15) is 49.3 Å². The molecule has 0 saturated carbocycles. The van der Waals surface area contributed by atoms with Crippen LogP contribution in [0.25, 0.3) is 0 Å². The van der Waals surface area contributed by atoms with Crippen molar-refractivity contribution in [3.8, 4) is 17.2 Å². The SMILES string of the molecule is COc1cc(CCN(C)CC[C@@]2(O)CCc3cc(F)ccc3[C@@H]2C(C)C)cc(OC)c1OC. The molecule has 0 amide bonds. The number of hydrogen-bond acceptors (Lipinski definition) is 5. The zero-order valence-corrected chi connectivity index (χ0v) is 20.8. The predicted octanol–water partition coefficient (Wildman–Crippen LogP) is 4.83. The van der Waals surface area contributed by atoms with Gasteiger partial charge in [-0.15, -0.1) is 0 Å². The molecule has 5 nitrogen and oxygen atoms in total. The average Bonchev–Trinajstić information content (AvgIpc) is 2.80. The van der Waals surface area contributed by atoms with Crippen LogP contribution in [0.15, 0.2) is 30.3 Å². The largest absolute Gasteiger partial charge is 0.493 e. The van der Waals surface area contributed by atoms with Crippen LogP contribution in [0, 0.1) is 11.7 Å². The van der Waals surface area contributed by atoms with E-state index in [1.807, 2.05) is 18.2 Å². The average molecular weight is 460 g/mol. The van der Waals surface area contributed by atoms with E-state index in [0.29, 0.717) is 36.5 Å². The predicted molar refractivity (Wildman–Crippen MR) is 129 cm³/mol. The van der Waals surface area contributed by atoms with E-state index in [-0.39, 0.29) is 17.7 Å². The Morgan fingerprint density at radius 1 is 1.06 bits per heavy atom. The van der Waals surface area contributed by atoms with Crippen LogP contribution >= 0.6 is 0 Å². The Morgan fingerprint density at radius 2 is 1.73 bits per heavy atom. The maximum atomic E-state index is 13.7. The Bertz CT molecular complexity index is 923. The third kappa shape index (κ3) is 5.61. The molecular weight excluding hydrogens is 421 g/mol. The fourth-order valence-electron chi connectivity index (χ4n) is 5.25. The molecule has 1 aliphatic carbocycles. The van der Waals surface area contributed by atoms with Gasteiger partial charge in [-0.1, -0.05) is 19.9 Å². The van der Waals surface area contributed by atoms with Gasteiger partial charge in [0.25, 0.3) is 0 Å². The number of halogens is 1. The van der Waals surface area contributed by atoms with Crippen molar-refractivity contribution in [1.82, 2.24) is 4.90 Å². The first-order valence-corrected chi connectivity index (χ1v) is 11.7. The number of ether oxygens (including phenoxy) is 3. The van der Waals surface area contributed by atoms with Crippen molar-refractivity contribution in [1.29, 1.82) is 0 Å². The van der Waals surface area contributed by atoms with Crippen LogP contribution in [0.5, 0.6) is 17.2 Å². The summed E-state index contributed by atoms with van der Waals surface area (Å²) in [6.07, 6.45) is 2.87. The van der Waals surface area contributed by atoms with Gasteiger partial charge in [0, 0.05) is 19.0 Å². The lowest BCUT2D eigenvalue weighted by molar-refractivity contribution is -0.0300. The number of benzene rings is 2. The first-order chi connectivity index (χ1) is 15.7. The molecule has 0 spiro atoms. The molecule has 0 bridgehead atoms. The number of nitrogens with zero attached hydrogens (tertiary/aromatic N) is 1. The normalized spacial score (nSPS) is 20.1. The Balaban J connectivity index is 1.65. The summed E-state index contributed by atoms with van der Waals surface area (Å²) in [6.45, 7) is 5.90. The van der Waals surface area contributed by atoms with E-state index in [1.54, 1.807) is 27.4 Å². The molecule has 6 heteroatoms. The molecule has 3 rings (SSSR count). The van der Waals surface area contributed by atoms with Gasteiger partial charge in [0.05, 0.1) is 26.9 Å². The lowest BCUT2D eigenvalue weighted by Gasteiger charge is -2.44. The van der Waals surface area contributed by atoms with Crippen molar-refractivity contribution in [2.45, 2.75) is 51.0 Å². The van der Waals surface area contributed by atoms with E-state index < -0.39 is 5.60 Å². The molecule has 0 radical (unpaired) electrons. The lowest BCUT2D eigenvalue weighted by atomic mass is 9.66. The van der Waals surface area contributed by atoms with Gasteiger partial charge in [-0.3, -0.25) is 0 Å². The van der Waals surface area contributed by atoms with E-state index >= 15 is 0 Å². The number of aryl methyl sites for hydroxylation is 1. The highest BCUT2D eigenvalue weighted by Crippen LogP contribution is 2.45. The number of methoxy groups -OCH3 is 3. The molecule has 1 N–H and O–H groups in total. The molecule has 2 aromatic carbocycles. The Morgan fingerprint density at radius 3 is 2.30 bits per heavy atom. The van der Waals surface area contributed by atoms with Gasteiger partial charge in [0.1, 0.15) is 5.82 Å². The molecule has 2 aromatic rings. The highest BCUT2D eigenvalue weighted by molar-refractivity contribution is 5.53. The highest BCUT2D eigenvalue weighted by atomic mass is 19.1. The topological polar surface area (TPSA) is 51.2 Å². The molecule has 0 unspecified atom stereocenters. The summed E-state index contributed by atoms with van der Waals surface area (Å²) in [5.74, 6) is 1.97. The van der Waals surface area contributed by atoms with Crippen molar-refractivity contribution in [3.05, 3.63) is 52.8 Å². The van der Waals surface area contributed by atoms with Crippen LogP contribution in [0.3, 0.4) is 0 Å². The summed E-state index contributed by atoms with van der Waals surface area (Å²) < 4.78 is 30.1.